The summed E-state index contributed by atoms with van der Waals surface area (Å²) in [4.78, 5) is 25.2. The van der Waals surface area contributed by atoms with Crippen LogP contribution < -0.4 is 10.6 Å². The van der Waals surface area contributed by atoms with Gasteiger partial charge in [0.2, 0.25) is 5.91 Å². The maximum absolute atomic E-state index is 12.8. The molecule has 160 valence electrons. The van der Waals surface area contributed by atoms with Gasteiger partial charge in [0.25, 0.3) is 5.91 Å². The van der Waals surface area contributed by atoms with Crippen LogP contribution in [0.2, 0.25) is 0 Å². The topological polar surface area (TPSA) is 58.2 Å². The molecule has 2 N–H and O–H groups in total. The SMILES string of the molecule is Cc1ccccc1C(=O)Nc1ccc(SCC(=O)Nc2cccc(C(F)(F)F)c2)cc1. The highest BCUT2D eigenvalue weighted by Gasteiger charge is 2.30. The molecule has 2 amide bonds. The van der Waals surface area contributed by atoms with Crippen LogP contribution in [0.25, 0.3) is 0 Å². The smallest absolute Gasteiger partial charge is 0.325 e. The molecule has 3 aromatic carbocycles. The van der Waals surface area contributed by atoms with Crippen LogP contribution in [0, 0.1) is 6.92 Å². The van der Waals surface area contributed by atoms with Crippen molar-refractivity contribution in [2.45, 2.75) is 18.0 Å². The third-order valence-corrected chi connectivity index (χ3v) is 5.36. The number of benzene rings is 3. The highest BCUT2D eigenvalue weighted by molar-refractivity contribution is 8.00. The van der Waals surface area contributed by atoms with E-state index in [1.165, 1.54) is 23.9 Å². The molecule has 0 saturated heterocycles. The van der Waals surface area contributed by atoms with Crippen molar-refractivity contribution in [3.63, 3.8) is 0 Å². The summed E-state index contributed by atoms with van der Waals surface area (Å²) in [6.07, 6.45) is -4.47. The van der Waals surface area contributed by atoms with Crippen LogP contribution in [0.1, 0.15) is 21.5 Å². The molecule has 0 fully saturated rings. The first-order chi connectivity index (χ1) is 14.7. The summed E-state index contributed by atoms with van der Waals surface area (Å²) in [5.41, 5.74) is 1.35. The van der Waals surface area contributed by atoms with Gasteiger partial charge in [0.15, 0.2) is 0 Å². The number of thioether (sulfide) groups is 1. The lowest BCUT2D eigenvalue weighted by molar-refractivity contribution is -0.137. The zero-order chi connectivity index (χ0) is 22.4. The first-order valence-corrected chi connectivity index (χ1v) is 10.3. The zero-order valence-electron chi connectivity index (χ0n) is 16.5. The first kappa shape index (κ1) is 22.4. The normalized spacial score (nSPS) is 11.1. The van der Waals surface area contributed by atoms with Crippen LogP contribution in [0.4, 0.5) is 24.5 Å². The van der Waals surface area contributed by atoms with E-state index in [2.05, 4.69) is 10.6 Å². The third kappa shape index (κ3) is 6.36. The van der Waals surface area contributed by atoms with Crippen LogP contribution in [-0.2, 0) is 11.0 Å². The molecule has 0 spiro atoms. The minimum Gasteiger partial charge on any atom is -0.325 e. The molecule has 0 aromatic heterocycles. The van der Waals surface area contributed by atoms with Crippen LogP contribution >= 0.6 is 11.8 Å². The van der Waals surface area contributed by atoms with Gasteiger partial charge in [-0.05, 0) is 61.0 Å². The standard InChI is InChI=1S/C23H19F3N2O2S/c1-15-5-2-3-8-20(15)22(30)28-17-9-11-19(12-10-17)31-14-21(29)27-18-7-4-6-16(13-18)23(24,25)26/h2-13H,14H2,1H3,(H,27,29)(H,28,30). The number of carbonyl (C=O) groups is 2. The van der Waals surface area contributed by atoms with Gasteiger partial charge in [0.1, 0.15) is 0 Å². The van der Waals surface area contributed by atoms with Crippen LogP contribution in [0.5, 0.6) is 0 Å². The number of hydrogen-bond acceptors (Lipinski definition) is 3. The maximum atomic E-state index is 12.8. The van der Waals surface area contributed by atoms with Gasteiger partial charge >= 0.3 is 6.18 Å². The van der Waals surface area contributed by atoms with Gasteiger partial charge < -0.3 is 10.6 Å². The summed E-state index contributed by atoms with van der Waals surface area (Å²) in [5, 5.41) is 5.29. The monoisotopic (exact) mass is 444 g/mol. The number of rotatable bonds is 6. The van der Waals surface area contributed by atoms with Gasteiger partial charge in [0.05, 0.1) is 11.3 Å². The lowest BCUT2D eigenvalue weighted by Crippen LogP contribution is -2.15. The van der Waals surface area contributed by atoms with Crippen molar-refractivity contribution in [2.75, 3.05) is 16.4 Å². The molecule has 0 unspecified atom stereocenters. The summed E-state index contributed by atoms with van der Waals surface area (Å²) >= 11 is 1.24. The molecule has 0 aliphatic carbocycles. The van der Waals surface area contributed by atoms with E-state index >= 15 is 0 Å². The Morgan fingerprint density at radius 3 is 2.26 bits per heavy atom. The van der Waals surface area contributed by atoms with Gasteiger partial charge in [-0.1, -0.05) is 24.3 Å². The quantitative estimate of drug-likeness (QED) is 0.459. The number of hydrogen-bond donors (Lipinski definition) is 2. The average molecular weight is 444 g/mol. The largest absolute Gasteiger partial charge is 0.416 e. The Kier molecular flexibility index (Phi) is 7.02. The van der Waals surface area contributed by atoms with Gasteiger partial charge in [-0.3, -0.25) is 9.59 Å². The first-order valence-electron chi connectivity index (χ1n) is 9.29. The summed E-state index contributed by atoms with van der Waals surface area (Å²) in [5.74, 6) is -0.592. The van der Waals surface area contributed by atoms with Gasteiger partial charge in [-0.15, -0.1) is 11.8 Å². The van der Waals surface area contributed by atoms with Crippen molar-refractivity contribution >= 4 is 35.0 Å². The number of anilines is 2. The van der Waals surface area contributed by atoms with E-state index in [1.54, 1.807) is 36.4 Å². The van der Waals surface area contributed by atoms with E-state index in [0.717, 1.165) is 22.6 Å². The fraction of sp³-hybridized carbons (Fsp3) is 0.130. The van der Waals surface area contributed by atoms with E-state index in [1.807, 2.05) is 19.1 Å². The second-order valence-corrected chi connectivity index (χ2v) is 7.76. The fourth-order valence-corrected chi connectivity index (χ4v) is 3.48. The van der Waals surface area contributed by atoms with Crippen molar-refractivity contribution in [3.05, 3.63) is 89.5 Å². The maximum Gasteiger partial charge on any atom is 0.416 e. The van der Waals surface area contributed by atoms with Crippen molar-refractivity contribution in [3.8, 4) is 0 Å². The number of halogens is 3. The Hall–Kier alpha value is -3.26. The van der Waals surface area contributed by atoms with Gasteiger partial charge in [-0.2, -0.15) is 13.2 Å². The molecule has 0 radical (unpaired) electrons. The van der Waals surface area contributed by atoms with Crippen LogP contribution in [-0.4, -0.2) is 17.6 Å². The molecule has 3 rings (SSSR count). The number of alkyl halides is 3. The van der Waals surface area contributed by atoms with Gasteiger partial charge in [-0.25, -0.2) is 0 Å². The minimum atomic E-state index is -4.47. The highest BCUT2D eigenvalue weighted by Crippen LogP contribution is 2.30. The van der Waals surface area contributed by atoms with Crippen LogP contribution in [0.3, 0.4) is 0 Å². The van der Waals surface area contributed by atoms with Crippen molar-refractivity contribution < 1.29 is 22.8 Å². The Labute approximate surface area is 181 Å². The van der Waals surface area contributed by atoms with E-state index in [9.17, 15) is 22.8 Å². The predicted molar refractivity (Wildman–Crippen MR) is 116 cm³/mol. The lowest BCUT2D eigenvalue weighted by Gasteiger charge is -2.10. The van der Waals surface area contributed by atoms with E-state index in [0.29, 0.717) is 11.3 Å². The molecule has 0 aliphatic heterocycles. The molecule has 0 aliphatic rings. The Bertz CT molecular complexity index is 1080. The van der Waals surface area contributed by atoms with E-state index < -0.39 is 17.6 Å². The molecule has 0 saturated carbocycles. The average Bonchev–Trinajstić information content (AvgIpc) is 2.73. The van der Waals surface area contributed by atoms with Crippen molar-refractivity contribution in [1.82, 2.24) is 0 Å². The summed E-state index contributed by atoms with van der Waals surface area (Å²) in [6.45, 7) is 1.86. The molecular weight excluding hydrogens is 425 g/mol. The Balaban J connectivity index is 1.53. The molecule has 3 aromatic rings. The summed E-state index contributed by atoms with van der Waals surface area (Å²) in [6, 6.07) is 18.7. The van der Waals surface area contributed by atoms with Crippen LogP contribution in [0.15, 0.2) is 77.7 Å². The minimum absolute atomic E-state index is 0.0329. The summed E-state index contributed by atoms with van der Waals surface area (Å²) < 4.78 is 38.3. The fourth-order valence-electron chi connectivity index (χ4n) is 2.78. The molecule has 0 bridgehead atoms. The highest BCUT2D eigenvalue weighted by atomic mass is 32.2. The molecule has 8 heteroatoms. The second-order valence-electron chi connectivity index (χ2n) is 6.71. The van der Waals surface area contributed by atoms with E-state index in [4.69, 9.17) is 0 Å². The Morgan fingerprint density at radius 1 is 0.871 bits per heavy atom. The van der Waals surface area contributed by atoms with Gasteiger partial charge in [0, 0.05) is 21.8 Å². The molecule has 0 heterocycles. The zero-order valence-corrected chi connectivity index (χ0v) is 17.3. The molecule has 0 atom stereocenters. The molecule has 4 nitrogen and oxygen atoms in total. The lowest BCUT2D eigenvalue weighted by atomic mass is 10.1. The number of aryl methyl sites for hydroxylation is 1. The van der Waals surface area contributed by atoms with E-state index in [-0.39, 0.29) is 17.3 Å². The number of nitrogens with one attached hydrogen (secondary N) is 2. The predicted octanol–water partition coefficient (Wildman–Crippen LogP) is 6.00. The number of carbonyl (C=O) groups excluding carboxylic acids is 2. The third-order valence-electron chi connectivity index (χ3n) is 4.35. The Morgan fingerprint density at radius 2 is 1.58 bits per heavy atom. The summed E-state index contributed by atoms with van der Waals surface area (Å²) in [7, 11) is 0. The second kappa shape index (κ2) is 9.70. The van der Waals surface area contributed by atoms with Crippen molar-refractivity contribution in [1.29, 1.82) is 0 Å². The molecule has 31 heavy (non-hydrogen) atoms. The molecular formula is C23H19F3N2O2S. The van der Waals surface area contributed by atoms with Crippen molar-refractivity contribution in [2.24, 2.45) is 0 Å². The number of amides is 2.